The molecule has 0 aliphatic carbocycles. The molecule has 1 aliphatic rings. The number of ether oxygens (including phenoxy) is 2. The number of hydrogen-bond acceptors (Lipinski definition) is 4. The molecule has 6 aromatic rings. The Balaban J connectivity index is 1.52. The van der Waals surface area contributed by atoms with Gasteiger partial charge in [-0.3, -0.25) is 0 Å². The van der Waals surface area contributed by atoms with Crippen LogP contribution in [0.2, 0.25) is 0 Å². The lowest BCUT2D eigenvalue weighted by molar-refractivity contribution is 0.420. The minimum atomic E-state index is 0.574. The molecule has 0 fully saturated rings. The maximum atomic E-state index is 6.64. The number of para-hydroxylation sites is 2. The number of fused-ring (bicyclic) bond motifs is 3. The van der Waals surface area contributed by atoms with Crippen molar-refractivity contribution in [3.63, 3.8) is 0 Å². The number of nitrogens with zero attached hydrogens (tertiary/aromatic N) is 2. The molecule has 4 nitrogen and oxygen atoms in total. The lowest BCUT2D eigenvalue weighted by Crippen LogP contribution is -2.00. The summed E-state index contributed by atoms with van der Waals surface area (Å²) in [4.78, 5) is 0. The van der Waals surface area contributed by atoms with E-state index < -0.39 is 0 Å². The average Bonchev–Trinajstić information content (AvgIpc) is 3.05. The highest BCUT2D eigenvalue weighted by Gasteiger charge is 2.26. The van der Waals surface area contributed by atoms with Crippen molar-refractivity contribution in [1.82, 2.24) is 0 Å². The fraction of sp³-hybridized carbons (Fsp3) is 0. The van der Waals surface area contributed by atoms with Crippen LogP contribution in [0.1, 0.15) is 16.7 Å². The van der Waals surface area contributed by atoms with Crippen LogP contribution in [0.3, 0.4) is 0 Å². The van der Waals surface area contributed by atoms with Gasteiger partial charge in [0.25, 0.3) is 0 Å². The third kappa shape index (κ3) is 4.98. The molecule has 0 N–H and O–H groups in total. The number of rotatable bonds is 6. The van der Waals surface area contributed by atoms with Gasteiger partial charge in [-0.05, 0) is 53.1 Å². The monoisotopic (exact) mass is 542 g/mol. The maximum Gasteiger partial charge on any atom is 0.180 e. The summed E-state index contributed by atoms with van der Waals surface area (Å²) >= 11 is 0. The third-order valence-corrected chi connectivity index (χ3v) is 7.10. The van der Waals surface area contributed by atoms with Crippen LogP contribution in [0.15, 0.2) is 168 Å². The maximum absolute atomic E-state index is 6.64. The quantitative estimate of drug-likeness (QED) is 0.210. The molecule has 0 amide bonds. The van der Waals surface area contributed by atoms with Gasteiger partial charge in [0.05, 0.1) is 11.3 Å². The summed E-state index contributed by atoms with van der Waals surface area (Å²) < 4.78 is 13.1. The molecular weight excluding hydrogens is 516 g/mol. The lowest BCUT2D eigenvalue weighted by Gasteiger charge is -2.23. The Labute approximate surface area is 244 Å². The van der Waals surface area contributed by atoms with Crippen molar-refractivity contribution >= 4 is 17.0 Å². The highest BCUT2D eigenvalue weighted by molar-refractivity contribution is 6.04. The summed E-state index contributed by atoms with van der Waals surface area (Å²) in [6.45, 7) is 0. The normalized spacial score (nSPS) is 12.9. The van der Waals surface area contributed by atoms with E-state index in [4.69, 9.17) is 19.7 Å². The zero-order chi connectivity index (χ0) is 28.1. The minimum absolute atomic E-state index is 0.574. The summed E-state index contributed by atoms with van der Waals surface area (Å²) in [6.07, 6.45) is 0. The van der Waals surface area contributed by atoms with Crippen molar-refractivity contribution in [1.29, 1.82) is 0 Å². The van der Waals surface area contributed by atoms with Gasteiger partial charge in [0, 0.05) is 11.1 Å². The third-order valence-electron chi connectivity index (χ3n) is 7.10. The zero-order valence-corrected chi connectivity index (χ0v) is 22.7. The first-order chi connectivity index (χ1) is 20.8. The Bertz CT molecular complexity index is 1900. The van der Waals surface area contributed by atoms with Gasteiger partial charge in [-0.15, -0.1) is 10.2 Å². The molecule has 7 rings (SSSR count). The molecule has 0 radical (unpaired) electrons. The fourth-order valence-corrected chi connectivity index (χ4v) is 5.20. The molecule has 0 bridgehead atoms. The smallest absolute Gasteiger partial charge is 0.180 e. The van der Waals surface area contributed by atoms with Crippen molar-refractivity contribution in [3.8, 4) is 34.1 Å². The van der Waals surface area contributed by atoms with E-state index in [2.05, 4.69) is 42.5 Å². The van der Waals surface area contributed by atoms with E-state index >= 15 is 0 Å². The largest absolute Gasteiger partial charge is 0.453 e. The molecular formula is C38H26N2O2. The van der Waals surface area contributed by atoms with Crippen LogP contribution >= 0.6 is 0 Å². The number of hydrogen-bond donors (Lipinski definition) is 0. The Morgan fingerprint density at radius 2 is 0.929 bits per heavy atom. The van der Waals surface area contributed by atoms with Crippen molar-refractivity contribution < 1.29 is 9.47 Å². The van der Waals surface area contributed by atoms with Gasteiger partial charge < -0.3 is 9.47 Å². The molecule has 6 aromatic carbocycles. The van der Waals surface area contributed by atoms with Crippen LogP contribution in [0, 0.1) is 0 Å². The molecule has 42 heavy (non-hydrogen) atoms. The van der Waals surface area contributed by atoms with E-state index in [1.165, 1.54) is 0 Å². The van der Waals surface area contributed by atoms with Gasteiger partial charge in [-0.1, -0.05) is 121 Å². The molecule has 4 heteroatoms. The van der Waals surface area contributed by atoms with Crippen LogP contribution in [-0.2, 0) is 0 Å². The molecule has 1 heterocycles. The SMILES string of the molecule is c1ccc(Oc2ccc3c(c2Oc2ccccc2)-c2ccccc2C(c2ccccc2)=C(c2ccccc2)/N=N\3)cc1. The van der Waals surface area contributed by atoms with Crippen molar-refractivity contribution in [2.75, 3.05) is 0 Å². The van der Waals surface area contributed by atoms with Gasteiger partial charge in [0.1, 0.15) is 17.2 Å². The Morgan fingerprint density at radius 1 is 0.405 bits per heavy atom. The number of benzene rings is 6. The summed E-state index contributed by atoms with van der Waals surface area (Å²) in [7, 11) is 0. The summed E-state index contributed by atoms with van der Waals surface area (Å²) in [5.74, 6) is 2.57. The molecule has 0 atom stereocenters. The van der Waals surface area contributed by atoms with E-state index in [1.54, 1.807) is 0 Å². The molecule has 0 unspecified atom stereocenters. The highest BCUT2D eigenvalue weighted by atomic mass is 16.5. The van der Waals surface area contributed by atoms with Gasteiger partial charge in [-0.2, -0.15) is 0 Å². The van der Waals surface area contributed by atoms with E-state index in [0.29, 0.717) is 28.7 Å². The second-order valence-corrected chi connectivity index (χ2v) is 9.82. The molecule has 1 aliphatic heterocycles. The highest BCUT2D eigenvalue weighted by Crippen LogP contribution is 2.52. The first kappa shape index (κ1) is 25.2. The second-order valence-electron chi connectivity index (χ2n) is 9.82. The van der Waals surface area contributed by atoms with Crippen LogP contribution in [0.5, 0.6) is 23.0 Å². The molecule has 0 saturated carbocycles. The topological polar surface area (TPSA) is 43.2 Å². The van der Waals surface area contributed by atoms with E-state index in [0.717, 1.165) is 39.1 Å². The van der Waals surface area contributed by atoms with E-state index in [1.807, 2.05) is 115 Å². The van der Waals surface area contributed by atoms with E-state index in [-0.39, 0.29) is 0 Å². The van der Waals surface area contributed by atoms with Gasteiger partial charge in [0.2, 0.25) is 0 Å². The molecule has 200 valence electrons. The van der Waals surface area contributed by atoms with E-state index in [9.17, 15) is 0 Å². The molecule has 0 saturated heterocycles. The zero-order valence-electron chi connectivity index (χ0n) is 22.7. The van der Waals surface area contributed by atoms with Crippen LogP contribution in [0.25, 0.3) is 22.4 Å². The van der Waals surface area contributed by atoms with Gasteiger partial charge >= 0.3 is 0 Å². The van der Waals surface area contributed by atoms with Crippen molar-refractivity contribution in [2.45, 2.75) is 0 Å². The van der Waals surface area contributed by atoms with Crippen molar-refractivity contribution in [2.24, 2.45) is 10.2 Å². The van der Waals surface area contributed by atoms with Gasteiger partial charge in [0.15, 0.2) is 11.5 Å². The van der Waals surface area contributed by atoms with Crippen LogP contribution in [0.4, 0.5) is 5.69 Å². The molecule has 0 spiro atoms. The summed E-state index contributed by atoms with van der Waals surface area (Å²) in [6, 6.07) is 52.2. The minimum Gasteiger partial charge on any atom is -0.453 e. The summed E-state index contributed by atoms with van der Waals surface area (Å²) in [5, 5.41) is 9.78. The molecule has 0 aromatic heterocycles. The number of azo groups is 1. The first-order valence-electron chi connectivity index (χ1n) is 13.8. The predicted octanol–water partition coefficient (Wildman–Crippen LogP) is 11.0. The van der Waals surface area contributed by atoms with Gasteiger partial charge in [-0.25, -0.2) is 0 Å². The van der Waals surface area contributed by atoms with Crippen molar-refractivity contribution in [3.05, 3.63) is 174 Å². The second kappa shape index (κ2) is 11.4. The Morgan fingerprint density at radius 3 is 1.57 bits per heavy atom. The fourth-order valence-electron chi connectivity index (χ4n) is 5.20. The summed E-state index contributed by atoms with van der Waals surface area (Å²) in [5.41, 5.74) is 7.33. The predicted molar refractivity (Wildman–Crippen MR) is 168 cm³/mol. The lowest BCUT2D eigenvalue weighted by atomic mass is 9.86. The van der Waals surface area contributed by atoms with Crippen LogP contribution < -0.4 is 9.47 Å². The standard InChI is InChI=1S/C38H26N2O2/c1-5-15-27(16-6-1)35-31-23-13-14-24-32(31)36-33(39-40-37(35)28-17-7-2-8-18-28)25-26-34(41-29-19-9-3-10-20-29)38(36)42-30-21-11-4-12-22-30/h1-26H/b35-31?,36-32?,37-35?,39-33?,40-37?,40-39-. The Kier molecular flexibility index (Phi) is 6.85. The first-order valence-corrected chi connectivity index (χ1v) is 13.8. The Hall–Kier alpha value is -5.74. The van der Waals surface area contributed by atoms with Crippen LogP contribution in [-0.4, -0.2) is 0 Å². The average molecular weight is 543 g/mol.